The largest absolute Gasteiger partial charge is 0.497 e. The second-order valence-corrected chi connectivity index (χ2v) is 6.88. The van der Waals surface area contributed by atoms with Crippen molar-refractivity contribution in [3.05, 3.63) is 29.3 Å². The highest BCUT2D eigenvalue weighted by atomic mass is 16.5. The highest BCUT2D eigenvalue weighted by Crippen LogP contribution is 2.36. The van der Waals surface area contributed by atoms with Crippen LogP contribution in [0.1, 0.15) is 49.1 Å². The fourth-order valence-electron chi connectivity index (χ4n) is 3.98. The van der Waals surface area contributed by atoms with Gasteiger partial charge in [-0.1, -0.05) is 6.07 Å². The summed E-state index contributed by atoms with van der Waals surface area (Å²) in [4.78, 5) is 25.6. The lowest BCUT2D eigenvalue weighted by molar-refractivity contribution is -0.145. The van der Waals surface area contributed by atoms with Crippen molar-refractivity contribution in [3.8, 4) is 5.75 Å². The van der Waals surface area contributed by atoms with Gasteiger partial charge in [-0.05, 0) is 61.3 Å². The van der Waals surface area contributed by atoms with E-state index in [0.29, 0.717) is 25.9 Å². The minimum Gasteiger partial charge on any atom is -0.497 e. The van der Waals surface area contributed by atoms with Gasteiger partial charge < -0.3 is 14.7 Å². The van der Waals surface area contributed by atoms with Crippen molar-refractivity contribution < 1.29 is 19.4 Å². The van der Waals surface area contributed by atoms with Gasteiger partial charge in [-0.15, -0.1) is 0 Å². The maximum atomic E-state index is 12.7. The molecule has 0 bridgehead atoms. The molecule has 0 radical (unpaired) electrons. The van der Waals surface area contributed by atoms with E-state index in [9.17, 15) is 14.7 Å². The van der Waals surface area contributed by atoms with Crippen LogP contribution < -0.4 is 4.74 Å². The molecule has 1 aromatic rings. The highest BCUT2D eigenvalue weighted by molar-refractivity contribution is 5.79. The van der Waals surface area contributed by atoms with Crippen LogP contribution in [0, 0.1) is 5.92 Å². The number of aryl methyl sites for hydroxylation is 1. The Hall–Kier alpha value is -2.04. The van der Waals surface area contributed by atoms with E-state index in [1.807, 2.05) is 6.07 Å². The van der Waals surface area contributed by atoms with Gasteiger partial charge in [-0.3, -0.25) is 9.59 Å². The number of carbonyl (C=O) groups is 2. The van der Waals surface area contributed by atoms with Crippen LogP contribution in [0.25, 0.3) is 0 Å². The number of hydrogen-bond acceptors (Lipinski definition) is 3. The number of hydrogen-bond donors (Lipinski definition) is 1. The molecule has 1 N–H and O–H groups in total. The zero-order chi connectivity index (χ0) is 17.1. The van der Waals surface area contributed by atoms with Gasteiger partial charge in [0.2, 0.25) is 5.91 Å². The molecule has 0 aromatic heterocycles. The summed E-state index contributed by atoms with van der Waals surface area (Å²) in [6, 6.07) is 6.12. The number of aliphatic carboxylic acids is 1. The average Bonchev–Trinajstić information content (AvgIpc) is 2.61. The number of carboxylic acids is 1. The molecule has 1 aliphatic heterocycles. The third-order valence-electron chi connectivity index (χ3n) is 5.33. The first-order valence-corrected chi connectivity index (χ1v) is 8.76. The van der Waals surface area contributed by atoms with E-state index >= 15 is 0 Å². The fourth-order valence-corrected chi connectivity index (χ4v) is 3.98. The zero-order valence-electron chi connectivity index (χ0n) is 14.2. The molecule has 5 nitrogen and oxygen atoms in total. The summed E-state index contributed by atoms with van der Waals surface area (Å²) < 4.78 is 5.30. The van der Waals surface area contributed by atoms with E-state index in [0.717, 1.165) is 31.4 Å². The standard InChI is InChI=1S/C19H25NO4/c1-24-16-7-8-17-13(10-16)4-2-5-14(17)11-18(21)20-9-3-6-15(12-20)19(22)23/h7-8,10,14-15H,2-6,9,11-12H2,1H3,(H,22,23)/t14-,15+/m0/s1. The summed E-state index contributed by atoms with van der Waals surface area (Å²) in [6.07, 6.45) is 5.05. The Morgan fingerprint density at radius 2 is 2.12 bits per heavy atom. The number of carboxylic acid groups (broad SMARTS) is 1. The van der Waals surface area contributed by atoms with Crippen molar-refractivity contribution in [2.45, 2.75) is 44.4 Å². The molecule has 0 unspecified atom stereocenters. The lowest BCUT2D eigenvalue weighted by Gasteiger charge is -2.33. The van der Waals surface area contributed by atoms with Gasteiger partial charge in [-0.2, -0.15) is 0 Å². The lowest BCUT2D eigenvalue weighted by Crippen LogP contribution is -2.42. The van der Waals surface area contributed by atoms with Gasteiger partial charge in [0.15, 0.2) is 0 Å². The Kier molecular flexibility index (Phi) is 5.07. The molecule has 3 rings (SSSR count). The molecule has 2 aliphatic rings. The summed E-state index contributed by atoms with van der Waals surface area (Å²) in [5.74, 6) is -0.0127. The summed E-state index contributed by atoms with van der Waals surface area (Å²) in [5.41, 5.74) is 2.53. The minimum absolute atomic E-state index is 0.0922. The summed E-state index contributed by atoms with van der Waals surface area (Å²) in [7, 11) is 1.67. The molecule has 24 heavy (non-hydrogen) atoms. The lowest BCUT2D eigenvalue weighted by atomic mass is 9.80. The second-order valence-electron chi connectivity index (χ2n) is 6.88. The van der Waals surface area contributed by atoms with Crippen LogP contribution in [0.15, 0.2) is 18.2 Å². The normalized spacial score (nSPS) is 23.5. The summed E-state index contributed by atoms with van der Waals surface area (Å²) in [5, 5.41) is 9.19. The molecular formula is C19H25NO4. The first-order valence-electron chi connectivity index (χ1n) is 8.76. The van der Waals surface area contributed by atoms with Crippen molar-refractivity contribution in [1.82, 2.24) is 4.90 Å². The number of carbonyl (C=O) groups excluding carboxylic acids is 1. The molecule has 0 spiro atoms. The maximum absolute atomic E-state index is 12.7. The number of piperidine rings is 1. The topological polar surface area (TPSA) is 66.8 Å². The molecule has 1 fully saturated rings. The molecule has 1 aliphatic carbocycles. The number of benzene rings is 1. The van der Waals surface area contributed by atoms with Gasteiger partial charge >= 0.3 is 5.97 Å². The first-order chi connectivity index (χ1) is 11.6. The van der Waals surface area contributed by atoms with E-state index in [1.54, 1.807) is 12.0 Å². The van der Waals surface area contributed by atoms with E-state index in [-0.39, 0.29) is 11.8 Å². The molecule has 1 amide bonds. The predicted octanol–water partition coefficient (Wildman–Crippen LogP) is 2.83. The Morgan fingerprint density at radius 1 is 1.29 bits per heavy atom. The van der Waals surface area contributed by atoms with Gasteiger partial charge in [-0.25, -0.2) is 0 Å². The average molecular weight is 331 g/mol. The Labute approximate surface area is 142 Å². The maximum Gasteiger partial charge on any atom is 0.308 e. The number of rotatable bonds is 4. The van der Waals surface area contributed by atoms with E-state index in [4.69, 9.17) is 4.74 Å². The monoisotopic (exact) mass is 331 g/mol. The number of nitrogens with zero attached hydrogens (tertiary/aromatic N) is 1. The Morgan fingerprint density at radius 3 is 2.88 bits per heavy atom. The van der Waals surface area contributed by atoms with Crippen LogP contribution in [0.3, 0.4) is 0 Å². The SMILES string of the molecule is COc1ccc2c(c1)CCC[C@H]2CC(=O)N1CCC[C@@H](C(=O)O)C1. The van der Waals surface area contributed by atoms with Crippen LogP contribution in [0.2, 0.25) is 0 Å². The van der Waals surface area contributed by atoms with Gasteiger partial charge in [0, 0.05) is 19.5 Å². The zero-order valence-corrected chi connectivity index (χ0v) is 14.2. The molecule has 1 aromatic carbocycles. The number of fused-ring (bicyclic) bond motifs is 1. The van der Waals surface area contributed by atoms with Crippen LogP contribution in [-0.2, 0) is 16.0 Å². The van der Waals surface area contributed by atoms with E-state index in [1.165, 1.54) is 11.1 Å². The molecule has 130 valence electrons. The Bertz CT molecular complexity index is 628. The fraction of sp³-hybridized carbons (Fsp3) is 0.579. The number of methoxy groups -OCH3 is 1. The molecular weight excluding hydrogens is 306 g/mol. The third-order valence-corrected chi connectivity index (χ3v) is 5.33. The van der Waals surface area contributed by atoms with Crippen molar-refractivity contribution in [2.24, 2.45) is 5.92 Å². The van der Waals surface area contributed by atoms with Crippen LogP contribution in [0.4, 0.5) is 0 Å². The number of amides is 1. The molecule has 1 heterocycles. The van der Waals surface area contributed by atoms with Crippen LogP contribution in [0.5, 0.6) is 5.75 Å². The van der Waals surface area contributed by atoms with Gasteiger partial charge in [0.1, 0.15) is 5.75 Å². The second kappa shape index (κ2) is 7.24. The summed E-state index contributed by atoms with van der Waals surface area (Å²) >= 11 is 0. The predicted molar refractivity (Wildman–Crippen MR) is 90.2 cm³/mol. The Balaban J connectivity index is 1.68. The van der Waals surface area contributed by atoms with Gasteiger partial charge in [0.05, 0.1) is 13.0 Å². The van der Waals surface area contributed by atoms with Crippen molar-refractivity contribution in [3.63, 3.8) is 0 Å². The first kappa shape index (κ1) is 16.8. The van der Waals surface area contributed by atoms with Crippen molar-refractivity contribution >= 4 is 11.9 Å². The van der Waals surface area contributed by atoms with E-state index in [2.05, 4.69) is 12.1 Å². The van der Waals surface area contributed by atoms with Crippen LogP contribution >= 0.6 is 0 Å². The van der Waals surface area contributed by atoms with Crippen molar-refractivity contribution in [2.75, 3.05) is 20.2 Å². The van der Waals surface area contributed by atoms with E-state index < -0.39 is 11.9 Å². The molecule has 2 atom stereocenters. The quantitative estimate of drug-likeness (QED) is 0.921. The van der Waals surface area contributed by atoms with Crippen LogP contribution in [-0.4, -0.2) is 42.1 Å². The summed E-state index contributed by atoms with van der Waals surface area (Å²) in [6.45, 7) is 1.04. The van der Waals surface area contributed by atoms with Gasteiger partial charge in [0.25, 0.3) is 0 Å². The van der Waals surface area contributed by atoms with Crippen molar-refractivity contribution in [1.29, 1.82) is 0 Å². The third kappa shape index (κ3) is 3.55. The minimum atomic E-state index is -0.789. The number of ether oxygens (including phenoxy) is 1. The molecule has 0 saturated carbocycles. The smallest absolute Gasteiger partial charge is 0.308 e. The molecule has 1 saturated heterocycles. The molecule has 5 heteroatoms. The number of likely N-dealkylation sites (tertiary alicyclic amines) is 1. The highest BCUT2D eigenvalue weighted by Gasteiger charge is 2.30.